The van der Waals surface area contributed by atoms with Crippen molar-refractivity contribution in [2.24, 2.45) is 0 Å². The molecule has 4 heteroatoms. The molecule has 0 aromatic heterocycles. The van der Waals surface area contributed by atoms with Crippen molar-refractivity contribution in [3.05, 3.63) is 29.8 Å². The number of nitrogens with zero attached hydrogens (tertiary/aromatic N) is 2. The van der Waals surface area contributed by atoms with E-state index in [9.17, 15) is 0 Å². The maximum Gasteiger partial charge on any atom is 0.124 e. The smallest absolute Gasteiger partial charge is 0.124 e. The van der Waals surface area contributed by atoms with Crippen molar-refractivity contribution < 1.29 is 4.74 Å². The van der Waals surface area contributed by atoms with Gasteiger partial charge in [0.1, 0.15) is 12.4 Å². The number of hydrogen-bond donors (Lipinski definition) is 1. The monoisotopic (exact) mass is 289 g/mol. The predicted molar refractivity (Wildman–Crippen MR) is 85.8 cm³/mol. The average molecular weight is 289 g/mol. The quantitative estimate of drug-likeness (QED) is 0.917. The number of fused-ring (bicyclic) bond motifs is 1. The third kappa shape index (κ3) is 2.93. The van der Waals surface area contributed by atoms with Crippen molar-refractivity contribution in [3.8, 4) is 5.75 Å². The molecule has 2 heterocycles. The van der Waals surface area contributed by atoms with Crippen LogP contribution in [0.1, 0.15) is 24.4 Å². The van der Waals surface area contributed by atoms with E-state index in [1.807, 2.05) is 0 Å². The maximum atomic E-state index is 6.00. The number of para-hydroxylation sites is 1. The van der Waals surface area contributed by atoms with Crippen molar-refractivity contribution >= 4 is 0 Å². The van der Waals surface area contributed by atoms with Crippen molar-refractivity contribution in [1.29, 1.82) is 0 Å². The molecule has 1 N–H and O–H groups in total. The molecule has 2 aliphatic heterocycles. The summed E-state index contributed by atoms with van der Waals surface area (Å²) < 4.78 is 6.00. The fourth-order valence-electron chi connectivity index (χ4n) is 3.75. The van der Waals surface area contributed by atoms with E-state index in [2.05, 4.69) is 60.5 Å². The summed E-state index contributed by atoms with van der Waals surface area (Å²) in [6, 6.07) is 9.95. The number of piperidine rings is 1. The summed E-state index contributed by atoms with van der Waals surface area (Å²) in [5, 5.41) is 3.51. The van der Waals surface area contributed by atoms with Crippen LogP contribution in [0.3, 0.4) is 0 Å². The summed E-state index contributed by atoms with van der Waals surface area (Å²) in [5.41, 5.74) is 1.30. The third-order valence-corrected chi connectivity index (χ3v) is 5.06. The fourth-order valence-corrected chi connectivity index (χ4v) is 3.75. The van der Waals surface area contributed by atoms with Crippen LogP contribution in [0.4, 0.5) is 0 Å². The van der Waals surface area contributed by atoms with Gasteiger partial charge in [0, 0.05) is 24.7 Å². The van der Waals surface area contributed by atoms with Crippen LogP contribution >= 0.6 is 0 Å². The van der Waals surface area contributed by atoms with Gasteiger partial charge in [-0.3, -0.25) is 4.90 Å². The van der Waals surface area contributed by atoms with Crippen molar-refractivity contribution in [2.75, 3.05) is 40.8 Å². The van der Waals surface area contributed by atoms with Gasteiger partial charge in [0.15, 0.2) is 0 Å². The Kier molecular flexibility index (Phi) is 4.48. The number of rotatable bonds is 3. The topological polar surface area (TPSA) is 27.7 Å². The standard InChI is InChI=1S/C17H27N3O/c1-18-17-14-6-4-5-7-16(14)21-12-15(17)20-10-8-13(9-11-20)19(2)3/h4-7,13,15,17-18H,8-12H2,1-3H3. The van der Waals surface area contributed by atoms with E-state index in [4.69, 9.17) is 4.74 Å². The van der Waals surface area contributed by atoms with E-state index in [1.165, 1.54) is 18.4 Å². The number of nitrogens with one attached hydrogen (secondary N) is 1. The first-order valence-electron chi connectivity index (χ1n) is 8.00. The normalized spacial score (nSPS) is 27.4. The van der Waals surface area contributed by atoms with Crippen LogP contribution < -0.4 is 10.1 Å². The van der Waals surface area contributed by atoms with E-state index in [1.54, 1.807) is 0 Å². The van der Waals surface area contributed by atoms with Crippen molar-refractivity contribution in [1.82, 2.24) is 15.1 Å². The zero-order valence-electron chi connectivity index (χ0n) is 13.4. The van der Waals surface area contributed by atoms with E-state index in [0.717, 1.165) is 31.5 Å². The first-order valence-corrected chi connectivity index (χ1v) is 8.00. The highest BCUT2D eigenvalue weighted by Crippen LogP contribution is 2.34. The Hall–Kier alpha value is -1.10. The zero-order chi connectivity index (χ0) is 14.8. The van der Waals surface area contributed by atoms with Gasteiger partial charge in [0.2, 0.25) is 0 Å². The molecule has 2 atom stereocenters. The molecule has 0 radical (unpaired) electrons. The lowest BCUT2D eigenvalue weighted by Gasteiger charge is -2.44. The molecule has 21 heavy (non-hydrogen) atoms. The van der Waals surface area contributed by atoms with Crippen molar-refractivity contribution in [3.63, 3.8) is 0 Å². The van der Waals surface area contributed by atoms with Gasteiger partial charge in [0.05, 0.1) is 12.1 Å². The molecular weight excluding hydrogens is 262 g/mol. The molecular formula is C17H27N3O. The van der Waals surface area contributed by atoms with Crippen LogP contribution in [0.2, 0.25) is 0 Å². The lowest BCUT2D eigenvalue weighted by Crippen LogP contribution is -2.53. The average Bonchev–Trinajstić information content (AvgIpc) is 2.53. The minimum Gasteiger partial charge on any atom is -0.492 e. The first kappa shape index (κ1) is 14.8. The number of hydrogen-bond acceptors (Lipinski definition) is 4. The Labute approximate surface area is 128 Å². The molecule has 1 aromatic rings. The SMILES string of the molecule is CNC1c2ccccc2OCC1N1CCC(N(C)C)CC1. The first-order chi connectivity index (χ1) is 10.2. The Morgan fingerprint density at radius 3 is 2.57 bits per heavy atom. The number of likely N-dealkylation sites (tertiary alicyclic amines) is 1. The Morgan fingerprint density at radius 1 is 1.19 bits per heavy atom. The molecule has 2 unspecified atom stereocenters. The van der Waals surface area contributed by atoms with Crippen molar-refractivity contribution in [2.45, 2.75) is 31.0 Å². The second kappa shape index (κ2) is 6.34. The van der Waals surface area contributed by atoms with Gasteiger partial charge < -0.3 is 15.0 Å². The summed E-state index contributed by atoms with van der Waals surface area (Å²) in [7, 11) is 6.44. The Bertz CT molecular complexity index is 469. The minimum absolute atomic E-state index is 0.367. The Balaban J connectivity index is 1.72. The van der Waals surface area contributed by atoms with Gasteiger partial charge in [0.25, 0.3) is 0 Å². The summed E-state index contributed by atoms with van der Waals surface area (Å²) in [6.07, 6.45) is 2.50. The van der Waals surface area contributed by atoms with Gasteiger partial charge >= 0.3 is 0 Å². The highest BCUT2D eigenvalue weighted by atomic mass is 16.5. The molecule has 0 amide bonds. The van der Waals surface area contributed by atoms with Crippen LogP contribution in [0.25, 0.3) is 0 Å². The second-order valence-electron chi connectivity index (χ2n) is 6.41. The second-order valence-corrected chi connectivity index (χ2v) is 6.41. The van der Waals surface area contributed by atoms with E-state index in [-0.39, 0.29) is 0 Å². The predicted octanol–water partition coefficient (Wildman–Crippen LogP) is 1.73. The van der Waals surface area contributed by atoms with E-state index in [0.29, 0.717) is 12.1 Å². The molecule has 0 aliphatic carbocycles. The molecule has 116 valence electrons. The summed E-state index contributed by atoms with van der Waals surface area (Å²) in [5.74, 6) is 1.04. The fraction of sp³-hybridized carbons (Fsp3) is 0.647. The molecule has 4 nitrogen and oxygen atoms in total. The maximum absolute atomic E-state index is 6.00. The molecule has 0 bridgehead atoms. The molecule has 2 aliphatic rings. The molecule has 3 rings (SSSR count). The van der Waals surface area contributed by atoms with E-state index >= 15 is 0 Å². The third-order valence-electron chi connectivity index (χ3n) is 5.06. The summed E-state index contributed by atoms with van der Waals surface area (Å²) >= 11 is 0. The summed E-state index contributed by atoms with van der Waals surface area (Å²) in [6.45, 7) is 3.11. The Morgan fingerprint density at radius 2 is 1.90 bits per heavy atom. The molecule has 0 saturated carbocycles. The number of ether oxygens (including phenoxy) is 1. The van der Waals surface area contributed by atoms with Crippen LogP contribution in [0.15, 0.2) is 24.3 Å². The van der Waals surface area contributed by atoms with Gasteiger partial charge in [-0.15, -0.1) is 0 Å². The highest BCUT2D eigenvalue weighted by molar-refractivity contribution is 5.38. The number of likely N-dealkylation sites (N-methyl/N-ethyl adjacent to an activating group) is 1. The van der Waals surface area contributed by atoms with Gasteiger partial charge in [-0.1, -0.05) is 18.2 Å². The van der Waals surface area contributed by atoms with Gasteiger partial charge in [-0.25, -0.2) is 0 Å². The molecule has 1 aromatic carbocycles. The largest absolute Gasteiger partial charge is 0.492 e. The lowest BCUT2D eigenvalue weighted by molar-refractivity contribution is 0.0510. The highest BCUT2D eigenvalue weighted by Gasteiger charge is 2.35. The molecule has 1 fully saturated rings. The molecule has 0 spiro atoms. The zero-order valence-corrected chi connectivity index (χ0v) is 13.4. The lowest BCUT2D eigenvalue weighted by atomic mass is 9.93. The number of benzene rings is 1. The van der Waals surface area contributed by atoms with E-state index < -0.39 is 0 Å². The van der Waals surface area contributed by atoms with Gasteiger partial charge in [-0.05, 0) is 40.1 Å². The van der Waals surface area contributed by atoms with Crippen LogP contribution in [-0.2, 0) is 0 Å². The van der Waals surface area contributed by atoms with Crippen LogP contribution in [-0.4, -0.2) is 62.7 Å². The minimum atomic E-state index is 0.367. The van der Waals surface area contributed by atoms with Crippen LogP contribution in [0.5, 0.6) is 5.75 Å². The molecule has 1 saturated heterocycles. The van der Waals surface area contributed by atoms with Gasteiger partial charge in [-0.2, -0.15) is 0 Å². The van der Waals surface area contributed by atoms with Crippen LogP contribution in [0, 0.1) is 0 Å². The summed E-state index contributed by atoms with van der Waals surface area (Å²) in [4.78, 5) is 4.97.